The Balaban J connectivity index is 1.40. The maximum Gasteiger partial charge on any atom is 0.255 e. The number of amides is 3. The molecule has 3 amide bonds. The molecule has 2 heterocycles. The lowest BCUT2D eigenvalue weighted by atomic mass is 9.87. The Morgan fingerprint density at radius 1 is 1.11 bits per heavy atom. The molecule has 27 heavy (non-hydrogen) atoms. The first-order valence-electron chi connectivity index (χ1n) is 10.0. The van der Waals surface area contributed by atoms with E-state index >= 15 is 0 Å². The summed E-state index contributed by atoms with van der Waals surface area (Å²) in [6, 6.07) is 5.99. The number of nitrogens with one attached hydrogen (secondary N) is 2. The van der Waals surface area contributed by atoms with E-state index in [1.807, 2.05) is 12.1 Å². The minimum absolute atomic E-state index is 0.111. The molecule has 2 fully saturated rings. The van der Waals surface area contributed by atoms with Crippen molar-refractivity contribution in [1.82, 2.24) is 15.5 Å². The van der Waals surface area contributed by atoms with E-state index in [0.29, 0.717) is 24.6 Å². The molecule has 2 N–H and O–H groups in total. The quantitative estimate of drug-likeness (QED) is 0.797. The van der Waals surface area contributed by atoms with E-state index in [9.17, 15) is 14.4 Å². The molecule has 6 nitrogen and oxygen atoms in total. The van der Waals surface area contributed by atoms with Crippen LogP contribution in [0.2, 0.25) is 0 Å². The second-order valence-corrected chi connectivity index (χ2v) is 8.23. The van der Waals surface area contributed by atoms with Crippen LogP contribution >= 0.6 is 0 Å². The molecule has 1 aromatic rings. The normalized spacial score (nSPS) is 28.3. The summed E-state index contributed by atoms with van der Waals surface area (Å²) in [5, 5.41) is 5.99. The Hall–Kier alpha value is -2.21. The average molecular weight is 369 g/mol. The van der Waals surface area contributed by atoms with E-state index in [2.05, 4.69) is 23.6 Å². The summed E-state index contributed by atoms with van der Waals surface area (Å²) in [7, 11) is 0. The number of benzene rings is 1. The van der Waals surface area contributed by atoms with Gasteiger partial charge < -0.3 is 10.2 Å². The molecule has 3 aliphatic rings. The van der Waals surface area contributed by atoms with Gasteiger partial charge in [-0.15, -0.1) is 0 Å². The van der Waals surface area contributed by atoms with Crippen LogP contribution in [-0.4, -0.2) is 34.7 Å². The zero-order valence-corrected chi connectivity index (χ0v) is 15.8. The number of hydrogen-bond donors (Lipinski definition) is 2. The monoisotopic (exact) mass is 369 g/mol. The summed E-state index contributed by atoms with van der Waals surface area (Å²) < 4.78 is 0. The van der Waals surface area contributed by atoms with Crippen LogP contribution in [0.3, 0.4) is 0 Å². The molecular weight excluding hydrogens is 342 g/mol. The number of hydrogen-bond acceptors (Lipinski definition) is 4. The van der Waals surface area contributed by atoms with Gasteiger partial charge in [-0.3, -0.25) is 19.7 Å². The third kappa shape index (κ3) is 3.76. The number of fused-ring (bicyclic) bond motifs is 1. The van der Waals surface area contributed by atoms with Crippen LogP contribution in [0, 0.1) is 5.92 Å². The van der Waals surface area contributed by atoms with Crippen LogP contribution in [0.15, 0.2) is 18.2 Å². The summed E-state index contributed by atoms with van der Waals surface area (Å²) in [4.78, 5) is 37.8. The SMILES string of the molecule is C[C@H]1CC[C@H](NCc2ccc3c(c2)CN(C2CCC(=O)NC2=O)C3=O)CC1. The van der Waals surface area contributed by atoms with Crippen LogP contribution < -0.4 is 10.6 Å². The molecule has 1 saturated carbocycles. The maximum absolute atomic E-state index is 12.7. The van der Waals surface area contributed by atoms with Crippen molar-refractivity contribution in [2.45, 2.75) is 70.6 Å². The van der Waals surface area contributed by atoms with Gasteiger partial charge in [0.2, 0.25) is 11.8 Å². The number of rotatable bonds is 4. The Labute approximate surface area is 159 Å². The molecular formula is C21H27N3O3. The smallest absolute Gasteiger partial charge is 0.255 e. The van der Waals surface area contributed by atoms with Gasteiger partial charge in [-0.05, 0) is 55.2 Å². The maximum atomic E-state index is 12.7. The van der Waals surface area contributed by atoms with Gasteiger partial charge in [0.1, 0.15) is 6.04 Å². The first kappa shape index (κ1) is 18.2. The van der Waals surface area contributed by atoms with Crippen molar-refractivity contribution in [3.05, 3.63) is 34.9 Å². The molecule has 0 spiro atoms. The van der Waals surface area contributed by atoms with Crippen LogP contribution in [0.5, 0.6) is 0 Å². The fraction of sp³-hybridized carbons (Fsp3) is 0.571. The van der Waals surface area contributed by atoms with E-state index in [1.165, 1.54) is 31.2 Å². The Morgan fingerprint density at radius 3 is 2.63 bits per heavy atom. The van der Waals surface area contributed by atoms with Gasteiger partial charge in [0.15, 0.2) is 0 Å². The van der Waals surface area contributed by atoms with Gasteiger partial charge in [-0.2, -0.15) is 0 Å². The summed E-state index contributed by atoms with van der Waals surface area (Å²) in [5.41, 5.74) is 2.82. The molecule has 0 bridgehead atoms. The highest BCUT2D eigenvalue weighted by molar-refractivity contribution is 6.05. The lowest BCUT2D eigenvalue weighted by molar-refractivity contribution is -0.136. The van der Waals surface area contributed by atoms with Gasteiger partial charge in [0, 0.05) is 31.1 Å². The van der Waals surface area contributed by atoms with Gasteiger partial charge in [0.05, 0.1) is 0 Å². The van der Waals surface area contributed by atoms with Gasteiger partial charge in [0.25, 0.3) is 5.91 Å². The van der Waals surface area contributed by atoms with Crippen molar-refractivity contribution in [1.29, 1.82) is 0 Å². The summed E-state index contributed by atoms with van der Waals surface area (Å²) >= 11 is 0. The summed E-state index contributed by atoms with van der Waals surface area (Å²) in [6.07, 6.45) is 5.72. The topological polar surface area (TPSA) is 78.5 Å². The molecule has 1 aliphatic carbocycles. The van der Waals surface area contributed by atoms with E-state index in [-0.39, 0.29) is 24.1 Å². The third-order valence-corrected chi connectivity index (χ3v) is 6.20. The number of nitrogens with zero attached hydrogens (tertiary/aromatic N) is 1. The van der Waals surface area contributed by atoms with E-state index in [4.69, 9.17) is 0 Å². The lowest BCUT2D eigenvalue weighted by Gasteiger charge is -2.29. The molecule has 1 unspecified atom stereocenters. The number of piperidine rings is 1. The van der Waals surface area contributed by atoms with Crippen LogP contribution in [-0.2, 0) is 22.7 Å². The minimum atomic E-state index is -0.548. The van der Waals surface area contributed by atoms with Crippen LogP contribution in [0.4, 0.5) is 0 Å². The Kier molecular flexibility index (Phi) is 5.00. The second-order valence-electron chi connectivity index (χ2n) is 8.23. The zero-order chi connectivity index (χ0) is 19.0. The number of imide groups is 1. The van der Waals surface area contributed by atoms with Crippen molar-refractivity contribution >= 4 is 17.7 Å². The molecule has 1 saturated heterocycles. The fourth-order valence-electron chi connectivity index (χ4n) is 4.46. The molecule has 6 heteroatoms. The average Bonchev–Trinajstić information content (AvgIpc) is 2.97. The Bertz CT molecular complexity index is 768. The first-order chi connectivity index (χ1) is 13.0. The number of carbonyl (C=O) groups excluding carboxylic acids is 3. The van der Waals surface area contributed by atoms with Gasteiger partial charge in [-0.25, -0.2) is 0 Å². The van der Waals surface area contributed by atoms with E-state index in [1.54, 1.807) is 4.90 Å². The van der Waals surface area contributed by atoms with Crippen molar-refractivity contribution in [2.75, 3.05) is 0 Å². The highest BCUT2D eigenvalue weighted by Gasteiger charge is 2.39. The fourth-order valence-corrected chi connectivity index (χ4v) is 4.46. The Morgan fingerprint density at radius 2 is 1.89 bits per heavy atom. The summed E-state index contributed by atoms with van der Waals surface area (Å²) in [6.45, 7) is 3.57. The highest BCUT2D eigenvalue weighted by atomic mass is 16.2. The molecule has 144 valence electrons. The summed E-state index contributed by atoms with van der Waals surface area (Å²) in [5.74, 6) is 0.110. The van der Waals surface area contributed by atoms with Gasteiger partial charge >= 0.3 is 0 Å². The molecule has 2 aliphatic heterocycles. The van der Waals surface area contributed by atoms with E-state index < -0.39 is 6.04 Å². The second kappa shape index (κ2) is 7.43. The third-order valence-electron chi connectivity index (χ3n) is 6.20. The predicted octanol–water partition coefficient (Wildman–Crippen LogP) is 2.12. The number of carbonyl (C=O) groups is 3. The van der Waals surface area contributed by atoms with Crippen LogP contribution in [0.25, 0.3) is 0 Å². The molecule has 1 atom stereocenters. The van der Waals surface area contributed by atoms with Gasteiger partial charge in [-0.1, -0.05) is 19.1 Å². The van der Waals surface area contributed by atoms with Crippen molar-refractivity contribution < 1.29 is 14.4 Å². The highest BCUT2D eigenvalue weighted by Crippen LogP contribution is 2.28. The molecule has 1 aromatic carbocycles. The molecule has 4 rings (SSSR count). The minimum Gasteiger partial charge on any atom is -0.322 e. The molecule has 0 aromatic heterocycles. The van der Waals surface area contributed by atoms with Crippen molar-refractivity contribution in [2.24, 2.45) is 5.92 Å². The molecule has 0 radical (unpaired) electrons. The lowest BCUT2D eigenvalue weighted by Crippen LogP contribution is -2.52. The largest absolute Gasteiger partial charge is 0.322 e. The standard InChI is InChI=1S/C21H27N3O3/c1-13-2-5-16(6-3-13)22-11-14-4-7-17-15(10-14)12-24(21(17)27)18-8-9-19(25)23-20(18)26/h4,7,10,13,16,18,22H,2-3,5-6,8-9,11-12H2,1H3,(H,23,25,26)/t13-,16-,18?. The predicted molar refractivity (Wildman–Crippen MR) is 101 cm³/mol. The zero-order valence-electron chi connectivity index (χ0n) is 15.8. The van der Waals surface area contributed by atoms with Crippen molar-refractivity contribution in [3.63, 3.8) is 0 Å². The van der Waals surface area contributed by atoms with E-state index in [0.717, 1.165) is 18.0 Å². The van der Waals surface area contributed by atoms with Crippen molar-refractivity contribution in [3.8, 4) is 0 Å². The van der Waals surface area contributed by atoms with Crippen LogP contribution in [0.1, 0.15) is 66.9 Å². The first-order valence-corrected chi connectivity index (χ1v) is 10.0.